The third-order valence-corrected chi connectivity index (χ3v) is 5.74. The lowest BCUT2D eigenvalue weighted by Crippen LogP contribution is -2.17. The predicted molar refractivity (Wildman–Crippen MR) is 104 cm³/mol. The van der Waals surface area contributed by atoms with Crippen molar-refractivity contribution in [2.45, 2.75) is 26.9 Å². The number of hydrogen-bond acceptors (Lipinski definition) is 8. The third-order valence-electron chi connectivity index (χ3n) is 3.84. The van der Waals surface area contributed by atoms with Crippen LogP contribution in [-0.2, 0) is 4.74 Å². The van der Waals surface area contributed by atoms with E-state index in [1.54, 1.807) is 18.4 Å². The van der Waals surface area contributed by atoms with Crippen molar-refractivity contribution < 1.29 is 9.53 Å². The molecule has 9 heteroatoms. The normalized spacial score (nSPS) is 12.1. The third kappa shape index (κ3) is 3.54. The Morgan fingerprint density at radius 3 is 2.96 bits per heavy atom. The molecule has 0 saturated heterocycles. The first kappa shape index (κ1) is 18.3. The molecule has 0 aliphatic heterocycles. The zero-order chi connectivity index (χ0) is 18.8. The van der Waals surface area contributed by atoms with Gasteiger partial charge in [-0.3, -0.25) is 4.79 Å². The number of nitrogens with zero attached hydrogens (tertiary/aromatic N) is 2. The van der Waals surface area contributed by atoms with Gasteiger partial charge in [0, 0.05) is 16.8 Å². The summed E-state index contributed by atoms with van der Waals surface area (Å²) in [6, 6.07) is 0. The summed E-state index contributed by atoms with van der Waals surface area (Å²) in [6.45, 7) is 9.68. The minimum Gasteiger partial charge on any atom is -0.450 e. The Morgan fingerprint density at radius 2 is 2.23 bits per heavy atom. The lowest BCUT2D eigenvalue weighted by molar-refractivity contribution is 0.0314. The molecule has 0 bridgehead atoms. The maximum absolute atomic E-state index is 12.3. The fourth-order valence-electron chi connectivity index (χ4n) is 2.35. The molecular weight excluding hydrogens is 372 g/mol. The average Bonchev–Trinajstić information content (AvgIpc) is 3.18. The maximum Gasteiger partial charge on any atom is 0.358 e. The van der Waals surface area contributed by atoms with Gasteiger partial charge >= 0.3 is 5.97 Å². The van der Waals surface area contributed by atoms with Crippen molar-refractivity contribution in [3.63, 3.8) is 0 Å². The predicted octanol–water partition coefficient (Wildman–Crippen LogP) is 3.57. The summed E-state index contributed by atoms with van der Waals surface area (Å²) < 4.78 is 5.41. The minimum absolute atomic E-state index is 0.208. The van der Waals surface area contributed by atoms with E-state index >= 15 is 0 Å². The van der Waals surface area contributed by atoms with Gasteiger partial charge in [0.15, 0.2) is 22.8 Å². The lowest BCUT2D eigenvalue weighted by Gasteiger charge is -2.11. The minimum atomic E-state index is -0.700. The number of thiophene rings is 1. The lowest BCUT2D eigenvalue weighted by atomic mass is 10.2. The molecule has 0 spiro atoms. The van der Waals surface area contributed by atoms with Crippen LogP contribution in [0.4, 0.5) is 5.13 Å². The second-order valence-corrected chi connectivity index (χ2v) is 7.73. The summed E-state index contributed by atoms with van der Waals surface area (Å²) in [6.07, 6.45) is 1.00. The molecular formula is C17H18N4O3S2. The van der Waals surface area contributed by atoms with E-state index in [0.717, 1.165) is 10.4 Å². The quantitative estimate of drug-likeness (QED) is 0.493. The van der Waals surface area contributed by atoms with Crippen LogP contribution in [-0.4, -0.2) is 27.5 Å². The molecule has 0 radical (unpaired) electrons. The number of aryl methyl sites for hydroxylation is 2. The zero-order valence-corrected chi connectivity index (χ0v) is 16.2. The van der Waals surface area contributed by atoms with Gasteiger partial charge in [-0.25, -0.2) is 14.8 Å². The second kappa shape index (κ2) is 7.38. The highest BCUT2D eigenvalue weighted by molar-refractivity contribution is 7.18. The molecule has 2 N–H and O–H groups in total. The second-order valence-electron chi connectivity index (χ2n) is 5.67. The van der Waals surface area contributed by atoms with Crippen LogP contribution in [0.3, 0.4) is 0 Å². The summed E-state index contributed by atoms with van der Waals surface area (Å²) in [4.78, 5) is 37.7. The number of rotatable bonds is 6. The Kier molecular flexibility index (Phi) is 5.19. The summed E-state index contributed by atoms with van der Waals surface area (Å²) in [5, 5.41) is 5.83. The number of thiazole rings is 1. The van der Waals surface area contributed by atoms with E-state index in [9.17, 15) is 9.59 Å². The first-order chi connectivity index (χ1) is 12.4. The number of carbonyl (C=O) groups is 1. The Balaban J connectivity index is 1.79. The molecule has 0 unspecified atom stereocenters. The number of ether oxygens (including phenoxy) is 1. The van der Waals surface area contributed by atoms with E-state index in [-0.39, 0.29) is 11.3 Å². The van der Waals surface area contributed by atoms with Crippen LogP contribution < -0.4 is 10.9 Å². The summed E-state index contributed by atoms with van der Waals surface area (Å²) in [7, 11) is 0. The number of carbonyl (C=O) groups excluding carboxylic acids is 1. The topological polar surface area (TPSA) is 97.0 Å². The molecule has 3 aromatic heterocycles. The Bertz CT molecular complexity index is 1030. The van der Waals surface area contributed by atoms with Gasteiger partial charge in [0.05, 0.1) is 5.39 Å². The monoisotopic (exact) mass is 390 g/mol. The number of anilines is 1. The molecule has 0 aromatic carbocycles. The van der Waals surface area contributed by atoms with Crippen LogP contribution in [0, 0.1) is 13.8 Å². The van der Waals surface area contributed by atoms with Gasteiger partial charge < -0.3 is 15.0 Å². The van der Waals surface area contributed by atoms with Crippen LogP contribution in [0.2, 0.25) is 0 Å². The van der Waals surface area contributed by atoms with Crippen LogP contribution in [0.15, 0.2) is 22.8 Å². The van der Waals surface area contributed by atoms with Crippen molar-refractivity contribution in [3.8, 4) is 0 Å². The molecule has 3 rings (SSSR count). The molecule has 0 fully saturated rings. The van der Waals surface area contributed by atoms with E-state index in [1.807, 2.05) is 13.8 Å². The highest BCUT2D eigenvalue weighted by Gasteiger charge is 2.20. The van der Waals surface area contributed by atoms with E-state index < -0.39 is 12.1 Å². The van der Waals surface area contributed by atoms with Gasteiger partial charge in [-0.2, -0.15) is 0 Å². The molecule has 7 nitrogen and oxygen atoms in total. The van der Waals surface area contributed by atoms with Crippen molar-refractivity contribution in [3.05, 3.63) is 50.3 Å². The first-order valence-corrected chi connectivity index (χ1v) is 9.61. The number of aromatic nitrogens is 3. The standard InChI is InChI=1S/C17H18N4O3S2/c1-5-6-18-17-19-11(7-25-17)16(23)24-9(3)13-20-14(22)12-8(2)10(4)26-15(12)21-13/h5,7,9H,1,6H2,2-4H3,(H,18,19)(H,20,21,22)/t9-/m0/s1. The molecule has 3 heterocycles. The van der Waals surface area contributed by atoms with Gasteiger partial charge in [0.25, 0.3) is 5.56 Å². The number of hydrogen-bond donors (Lipinski definition) is 2. The van der Waals surface area contributed by atoms with Gasteiger partial charge in [0.1, 0.15) is 4.83 Å². The smallest absolute Gasteiger partial charge is 0.358 e. The van der Waals surface area contributed by atoms with Crippen molar-refractivity contribution >= 4 is 44.0 Å². The summed E-state index contributed by atoms with van der Waals surface area (Å²) in [5.74, 6) is -0.251. The Labute approximate surface area is 157 Å². The van der Waals surface area contributed by atoms with Gasteiger partial charge in [-0.05, 0) is 26.3 Å². The molecule has 26 heavy (non-hydrogen) atoms. The van der Waals surface area contributed by atoms with Gasteiger partial charge in [0.2, 0.25) is 0 Å². The van der Waals surface area contributed by atoms with Gasteiger partial charge in [-0.1, -0.05) is 6.08 Å². The number of fused-ring (bicyclic) bond motifs is 1. The van der Waals surface area contributed by atoms with Crippen LogP contribution >= 0.6 is 22.7 Å². The molecule has 0 amide bonds. The number of H-pyrrole nitrogens is 1. The highest BCUT2D eigenvalue weighted by atomic mass is 32.1. The average molecular weight is 390 g/mol. The first-order valence-electron chi connectivity index (χ1n) is 7.92. The molecule has 0 saturated carbocycles. The van der Waals surface area contributed by atoms with Crippen molar-refractivity contribution in [2.75, 3.05) is 11.9 Å². The van der Waals surface area contributed by atoms with Crippen molar-refractivity contribution in [1.82, 2.24) is 15.0 Å². The van der Waals surface area contributed by atoms with Crippen LogP contribution in [0.5, 0.6) is 0 Å². The number of aromatic amines is 1. The Hall–Kier alpha value is -2.52. The molecule has 3 aromatic rings. The van der Waals surface area contributed by atoms with Crippen LogP contribution in [0.1, 0.15) is 39.8 Å². The van der Waals surface area contributed by atoms with Gasteiger partial charge in [-0.15, -0.1) is 29.3 Å². The zero-order valence-electron chi connectivity index (χ0n) is 14.6. The molecule has 1 atom stereocenters. The molecule has 136 valence electrons. The number of nitrogens with one attached hydrogen (secondary N) is 2. The SMILES string of the molecule is C=CCNc1nc(C(=O)O[C@@H](C)c2nc3sc(C)c(C)c3c(=O)[nH]2)cs1. The largest absolute Gasteiger partial charge is 0.450 e. The van der Waals surface area contributed by atoms with Crippen molar-refractivity contribution in [2.24, 2.45) is 0 Å². The summed E-state index contributed by atoms with van der Waals surface area (Å²) in [5.41, 5.74) is 0.913. The fourth-order valence-corrected chi connectivity index (χ4v) is 4.08. The molecule has 0 aliphatic rings. The van der Waals surface area contributed by atoms with E-state index in [2.05, 4.69) is 26.8 Å². The maximum atomic E-state index is 12.3. The Morgan fingerprint density at radius 1 is 1.46 bits per heavy atom. The summed E-state index contributed by atoms with van der Waals surface area (Å²) >= 11 is 2.76. The van der Waals surface area contributed by atoms with Crippen LogP contribution in [0.25, 0.3) is 10.2 Å². The molecule has 0 aliphatic carbocycles. The van der Waals surface area contributed by atoms with E-state index in [0.29, 0.717) is 27.7 Å². The van der Waals surface area contributed by atoms with E-state index in [4.69, 9.17) is 4.74 Å². The van der Waals surface area contributed by atoms with E-state index in [1.165, 1.54) is 22.7 Å². The van der Waals surface area contributed by atoms with Crippen molar-refractivity contribution in [1.29, 1.82) is 0 Å². The fraction of sp³-hybridized carbons (Fsp3) is 0.294. The number of esters is 1. The highest BCUT2D eigenvalue weighted by Crippen LogP contribution is 2.27.